The molecule has 0 aliphatic carbocycles. The first kappa shape index (κ1) is 23.3. The van der Waals surface area contributed by atoms with E-state index in [1.807, 2.05) is 0 Å². The van der Waals surface area contributed by atoms with Crippen molar-refractivity contribution in [2.24, 2.45) is 5.41 Å². The van der Waals surface area contributed by atoms with Gasteiger partial charge in [0.15, 0.2) is 0 Å². The first-order chi connectivity index (χ1) is 13.4. The number of piperidine rings is 1. The Kier molecular flexibility index (Phi) is 7.38. The number of carbonyl (C=O) groups is 2. The molecule has 1 aliphatic heterocycles. The fourth-order valence-corrected chi connectivity index (χ4v) is 3.00. The van der Waals surface area contributed by atoms with Gasteiger partial charge in [0.2, 0.25) is 5.91 Å². The Labute approximate surface area is 176 Å². The number of ether oxygens (including phenoxy) is 2. The number of nitrogens with one attached hydrogen (secondary N) is 1. The second kappa shape index (κ2) is 9.20. The Hall–Kier alpha value is -2.02. The van der Waals surface area contributed by atoms with Gasteiger partial charge in [-0.1, -0.05) is 23.7 Å². The lowest BCUT2D eigenvalue weighted by atomic mass is 9.92. The van der Waals surface area contributed by atoms with Crippen LogP contribution < -0.4 is 10.1 Å². The molecule has 2 atom stereocenters. The van der Waals surface area contributed by atoms with Crippen molar-refractivity contribution in [1.82, 2.24) is 10.2 Å². The van der Waals surface area contributed by atoms with Crippen LogP contribution in [-0.4, -0.2) is 54.4 Å². The number of halogens is 2. The highest BCUT2D eigenvalue weighted by Crippen LogP contribution is 2.26. The molecule has 1 aromatic rings. The fraction of sp³-hybridized carbons (Fsp3) is 0.619. The van der Waals surface area contributed by atoms with Gasteiger partial charge >= 0.3 is 6.09 Å². The molecular formula is C21H30ClFN2O4. The SMILES string of the molecule is CC(C)(C)OC(=O)N1CCC(NC(=O)C(C)(C)COc2ccccc2Cl)C(F)C1. The van der Waals surface area contributed by atoms with Gasteiger partial charge < -0.3 is 19.7 Å². The van der Waals surface area contributed by atoms with E-state index in [1.165, 1.54) is 4.90 Å². The molecule has 2 amide bonds. The maximum absolute atomic E-state index is 14.6. The summed E-state index contributed by atoms with van der Waals surface area (Å²) in [6.07, 6.45) is -1.60. The number of carbonyl (C=O) groups excluding carboxylic acids is 2. The summed E-state index contributed by atoms with van der Waals surface area (Å²) in [7, 11) is 0. The van der Waals surface area contributed by atoms with Crippen LogP contribution in [0.4, 0.5) is 9.18 Å². The van der Waals surface area contributed by atoms with Gasteiger partial charge in [0, 0.05) is 6.54 Å². The summed E-state index contributed by atoms with van der Waals surface area (Å²) in [4.78, 5) is 26.1. The average Bonchev–Trinajstić information content (AvgIpc) is 2.61. The number of amides is 2. The standard InChI is InChI=1S/C21H30ClFN2O4/c1-20(2,3)29-19(27)25-11-10-16(15(23)12-25)24-18(26)21(4,5)13-28-17-9-7-6-8-14(17)22/h6-9,15-16H,10-13H2,1-5H3,(H,24,26). The summed E-state index contributed by atoms with van der Waals surface area (Å²) in [6, 6.07) is 6.34. The minimum absolute atomic E-state index is 0.0935. The van der Waals surface area contributed by atoms with Crippen molar-refractivity contribution in [3.05, 3.63) is 29.3 Å². The first-order valence-corrected chi connectivity index (χ1v) is 10.1. The Morgan fingerprint density at radius 1 is 1.24 bits per heavy atom. The number of hydrogen-bond acceptors (Lipinski definition) is 4. The van der Waals surface area contributed by atoms with E-state index in [0.29, 0.717) is 23.7 Å². The predicted molar refractivity (Wildman–Crippen MR) is 110 cm³/mol. The molecule has 1 saturated heterocycles. The van der Waals surface area contributed by atoms with E-state index < -0.39 is 29.3 Å². The van der Waals surface area contributed by atoms with Gasteiger partial charge in [0.05, 0.1) is 23.0 Å². The smallest absolute Gasteiger partial charge is 0.410 e. The second-order valence-corrected chi connectivity index (χ2v) is 9.32. The quantitative estimate of drug-likeness (QED) is 0.762. The molecule has 1 aliphatic rings. The zero-order valence-corrected chi connectivity index (χ0v) is 18.4. The fourth-order valence-electron chi connectivity index (χ4n) is 2.81. The molecule has 162 valence electrons. The van der Waals surface area contributed by atoms with Crippen molar-refractivity contribution in [2.45, 2.75) is 58.9 Å². The van der Waals surface area contributed by atoms with Crippen LogP contribution in [-0.2, 0) is 9.53 Å². The summed E-state index contributed by atoms with van der Waals surface area (Å²) >= 11 is 6.07. The van der Waals surface area contributed by atoms with E-state index in [9.17, 15) is 14.0 Å². The number of rotatable bonds is 5. The number of para-hydroxylation sites is 1. The monoisotopic (exact) mass is 428 g/mol. The van der Waals surface area contributed by atoms with E-state index in [1.54, 1.807) is 58.9 Å². The highest BCUT2D eigenvalue weighted by atomic mass is 35.5. The van der Waals surface area contributed by atoms with Crippen molar-refractivity contribution in [3.63, 3.8) is 0 Å². The maximum Gasteiger partial charge on any atom is 0.410 e. The highest BCUT2D eigenvalue weighted by molar-refractivity contribution is 6.32. The van der Waals surface area contributed by atoms with E-state index >= 15 is 0 Å². The van der Waals surface area contributed by atoms with Crippen LogP contribution in [0.2, 0.25) is 5.02 Å². The molecule has 1 fully saturated rings. The van der Waals surface area contributed by atoms with Crippen molar-refractivity contribution in [2.75, 3.05) is 19.7 Å². The zero-order valence-electron chi connectivity index (χ0n) is 17.6. The number of benzene rings is 1. The van der Waals surface area contributed by atoms with Crippen molar-refractivity contribution >= 4 is 23.6 Å². The second-order valence-electron chi connectivity index (χ2n) is 8.91. The van der Waals surface area contributed by atoms with Crippen molar-refractivity contribution in [3.8, 4) is 5.75 Å². The molecule has 1 aromatic carbocycles. The summed E-state index contributed by atoms with van der Waals surface area (Å²) in [5.74, 6) is 0.173. The third kappa shape index (κ3) is 6.77. The normalized spacial score (nSPS) is 20.2. The molecule has 0 radical (unpaired) electrons. The molecule has 0 spiro atoms. The van der Waals surface area contributed by atoms with Gasteiger partial charge in [0.1, 0.15) is 24.1 Å². The molecule has 1 heterocycles. The molecule has 8 heteroatoms. The molecule has 0 bridgehead atoms. The van der Waals surface area contributed by atoms with Crippen LogP contribution in [0.1, 0.15) is 41.0 Å². The Bertz CT molecular complexity index is 736. The lowest BCUT2D eigenvalue weighted by Crippen LogP contribution is -2.56. The third-order valence-corrected chi connectivity index (χ3v) is 4.86. The maximum atomic E-state index is 14.6. The summed E-state index contributed by atoms with van der Waals surface area (Å²) in [5.41, 5.74) is -1.53. The van der Waals surface area contributed by atoms with Gasteiger partial charge in [-0.25, -0.2) is 9.18 Å². The third-order valence-electron chi connectivity index (χ3n) is 4.55. The van der Waals surface area contributed by atoms with Gasteiger partial charge in [-0.3, -0.25) is 4.79 Å². The Morgan fingerprint density at radius 3 is 2.48 bits per heavy atom. The van der Waals surface area contributed by atoms with Crippen LogP contribution in [0.3, 0.4) is 0 Å². The van der Waals surface area contributed by atoms with Crippen molar-refractivity contribution < 1.29 is 23.5 Å². The largest absolute Gasteiger partial charge is 0.491 e. The lowest BCUT2D eigenvalue weighted by Gasteiger charge is -2.37. The summed E-state index contributed by atoms with van der Waals surface area (Å²) in [5, 5.41) is 3.22. The molecular weight excluding hydrogens is 399 g/mol. The van der Waals surface area contributed by atoms with Gasteiger partial charge in [0.25, 0.3) is 0 Å². The van der Waals surface area contributed by atoms with Gasteiger partial charge in [-0.05, 0) is 53.2 Å². The van der Waals surface area contributed by atoms with Crippen molar-refractivity contribution in [1.29, 1.82) is 0 Å². The van der Waals surface area contributed by atoms with E-state index in [-0.39, 0.29) is 19.1 Å². The Morgan fingerprint density at radius 2 is 1.90 bits per heavy atom. The topological polar surface area (TPSA) is 67.9 Å². The molecule has 2 unspecified atom stereocenters. The minimum Gasteiger partial charge on any atom is -0.491 e. The molecule has 6 nitrogen and oxygen atoms in total. The van der Waals surface area contributed by atoms with Crippen LogP contribution in [0.25, 0.3) is 0 Å². The Balaban J connectivity index is 1.88. The van der Waals surface area contributed by atoms with Gasteiger partial charge in [-0.2, -0.15) is 0 Å². The number of hydrogen-bond donors (Lipinski definition) is 1. The van der Waals surface area contributed by atoms with Crippen LogP contribution >= 0.6 is 11.6 Å². The molecule has 0 saturated carbocycles. The minimum atomic E-state index is -1.37. The number of nitrogens with zero attached hydrogens (tertiary/aromatic N) is 1. The molecule has 29 heavy (non-hydrogen) atoms. The lowest BCUT2D eigenvalue weighted by molar-refractivity contribution is -0.132. The van der Waals surface area contributed by atoms with Crippen LogP contribution in [0, 0.1) is 5.41 Å². The number of likely N-dealkylation sites (tertiary alicyclic amines) is 1. The molecule has 2 rings (SSSR count). The zero-order chi connectivity index (χ0) is 21.8. The average molecular weight is 429 g/mol. The predicted octanol–water partition coefficient (Wildman–Crippen LogP) is 4.21. The van der Waals surface area contributed by atoms with Gasteiger partial charge in [-0.15, -0.1) is 0 Å². The van der Waals surface area contributed by atoms with E-state index in [4.69, 9.17) is 21.1 Å². The highest BCUT2D eigenvalue weighted by Gasteiger charge is 2.37. The summed E-state index contributed by atoms with van der Waals surface area (Å²) in [6.45, 7) is 9.03. The van der Waals surface area contributed by atoms with Crippen LogP contribution in [0.15, 0.2) is 24.3 Å². The van der Waals surface area contributed by atoms with Crippen LogP contribution in [0.5, 0.6) is 5.75 Å². The summed E-state index contributed by atoms with van der Waals surface area (Å²) < 4.78 is 25.6. The number of alkyl halides is 1. The molecule has 1 N–H and O–H groups in total. The first-order valence-electron chi connectivity index (χ1n) is 9.69. The van der Waals surface area contributed by atoms with E-state index in [0.717, 1.165) is 0 Å². The van der Waals surface area contributed by atoms with E-state index in [2.05, 4.69) is 5.32 Å². The molecule has 0 aromatic heterocycles.